The normalized spacial score (nSPS) is 14.3. The van der Waals surface area contributed by atoms with Gasteiger partial charge in [-0.05, 0) is 69.2 Å². The van der Waals surface area contributed by atoms with Crippen molar-refractivity contribution < 1.29 is 0 Å². The highest BCUT2D eigenvalue weighted by Gasteiger charge is 2.19. The highest BCUT2D eigenvalue weighted by Crippen LogP contribution is 2.26. The van der Waals surface area contributed by atoms with Gasteiger partial charge >= 0.3 is 5.69 Å². The molecule has 4 rings (SSSR count). The quantitative estimate of drug-likeness (QED) is 0.670. The molecule has 0 radical (unpaired) electrons. The second-order valence-electron chi connectivity index (χ2n) is 7.87. The Hall–Kier alpha value is -3.02. The standard InChI is InChI=1S/C23H26N4O2/c1-4-17-13-18-19(12-15(17)3)27(11-5-6-16-9-7-14(2)8-10-16)21-20(24-18)22(28)26-23(29)25-21/h7,9,12-13H,4-6,8,10-11H2,1-3H3,(H,26,28,29). The zero-order valence-corrected chi connectivity index (χ0v) is 17.2. The maximum absolute atomic E-state index is 12.4. The summed E-state index contributed by atoms with van der Waals surface area (Å²) in [6.07, 6.45) is 9.45. The van der Waals surface area contributed by atoms with Crippen LogP contribution in [0.4, 0.5) is 0 Å². The lowest BCUT2D eigenvalue weighted by atomic mass is 9.96. The number of aryl methyl sites for hydroxylation is 3. The fourth-order valence-electron chi connectivity index (χ4n) is 4.05. The Balaban J connectivity index is 1.79. The van der Waals surface area contributed by atoms with E-state index >= 15 is 0 Å². The molecule has 0 spiro atoms. The van der Waals surface area contributed by atoms with Gasteiger partial charge in [-0.1, -0.05) is 30.2 Å². The van der Waals surface area contributed by atoms with Crippen LogP contribution < -0.4 is 11.2 Å². The first-order chi connectivity index (χ1) is 14.0. The Kier molecular flexibility index (Phi) is 5.18. The largest absolute Gasteiger partial charge is 0.349 e. The number of nitrogens with zero attached hydrogens (tertiary/aromatic N) is 3. The van der Waals surface area contributed by atoms with Gasteiger partial charge in [0, 0.05) is 6.54 Å². The Labute approximate surface area is 169 Å². The van der Waals surface area contributed by atoms with E-state index < -0.39 is 11.2 Å². The van der Waals surface area contributed by atoms with Crippen molar-refractivity contribution in [2.45, 2.75) is 59.4 Å². The third-order valence-electron chi connectivity index (χ3n) is 5.77. The van der Waals surface area contributed by atoms with Crippen molar-refractivity contribution in [2.24, 2.45) is 0 Å². The fraction of sp³-hybridized carbons (Fsp3) is 0.391. The molecule has 0 amide bonds. The molecule has 1 aromatic carbocycles. The van der Waals surface area contributed by atoms with Crippen LogP contribution in [-0.2, 0) is 13.0 Å². The molecule has 1 aromatic rings. The van der Waals surface area contributed by atoms with Crippen LogP contribution in [0.1, 0.15) is 50.7 Å². The third-order valence-corrected chi connectivity index (χ3v) is 5.77. The summed E-state index contributed by atoms with van der Waals surface area (Å²) in [5.41, 5.74) is 6.03. The predicted molar refractivity (Wildman–Crippen MR) is 115 cm³/mol. The topological polar surface area (TPSA) is 80.6 Å². The van der Waals surface area contributed by atoms with Crippen LogP contribution in [-0.4, -0.2) is 19.5 Å². The number of hydrogen-bond acceptors (Lipinski definition) is 4. The highest BCUT2D eigenvalue weighted by molar-refractivity contribution is 5.81. The fourth-order valence-corrected chi connectivity index (χ4v) is 4.05. The van der Waals surface area contributed by atoms with E-state index in [0.29, 0.717) is 12.4 Å². The first-order valence-electron chi connectivity index (χ1n) is 10.3. The number of hydrogen-bond donors (Lipinski definition) is 1. The first kappa shape index (κ1) is 19.3. The van der Waals surface area contributed by atoms with Gasteiger partial charge in [0.2, 0.25) is 0 Å². The molecule has 0 atom stereocenters. The van der Waals surface area contributed by atoms with Crippen molar-refractivity contribution in [1.82, 2.24) is 19.5 Å². The maximum atomic E-state index is 12.4. The predicted octanol–water partition coefficient (Wildman–Crippen LogP) is 3.90. The minimum absolute atomic E-state index is 0.221. The molecule has 29 heavy (non-hydrogen) atoms. The Morgan fingerprint density at radius 1 is 1.10 bits per heavy atom. The monoisotopic (exact) mass is 390 g/mol. The van der Waals surface area contributed by atoms with E-state index in [0.717, 1.165) is 43.1 Å². The molecule has 2 heterocycles. The molecule has 0 saturated heterocycles. The van der Waals surface area contributed by atoms with E-state index in [1.165, 1.54) is 22.3 Å². The van der Waals surface area contributed by atoms with Crippen molar-refractivity contribution in [3.05, 3.63) is 67.4 Å². The van der Waals surface area contributed by atoms with E-state index in [2.05, 4.69) is 53.9 Å². The van der Waals surface area contributed by atoms with Crippen LogP contribution in [0.5, 0.6) is 0 Å². The summed E-state index contributed by atoms with van der Waals surface area (Å²) in [4.78, 5) is 35.2. The van der Waals surface area contributed by atoms with E-state index in [1.54, 1.807) is 0 Å². The van der Waals surface area contributed by atoms with Crippen molar-refractivity contribution in [3.63, 3.8) is 0 Å². The van der Waals surface area contributed by atoms with Gasteiger partial charge in [-0.15, -0.1) is 0 Å². The maximum Gasteiger partial charge on any atom is 0.349 e. The molecule has 0 fully saturated rings. The first-order valence-corrected chi connectivity index (χ1v) is 10.3. The van der Waals surface area contributed by atoms with Crippen LogP contribution in [0.2, 0.25) is 0 Å². The second kappa shape index (κ2) is 7.78. The van der Waals surface area contributed by atoms with Gasteiger partial charge in [-0.25, -0.2) is 9.78 Å². The minimum atomic E-state index is -0.630. The molecule has 0 aromatic heterocycles. The zero-order chi connectivity index (χ0) is 20.5. The lowest BCUT2D eigenvalue weighted by Crippen LogP contribution is -2.29. The summed E-state index contributed by atoms with van der Waals surface area (Å²) < 4.78 is 1.99. The number of rotatable bonds is 5. The van der Waals surface area contributed by atoms with E-state index in [1.807, 2.05) is 10.6 Å². The molecule has 2 aliphatic heterocycles. The van der Waals surface area contributed by atoms with E-state index in [-0.39, 0.29) is 5.69 Å². The van der Waals surface area contributed by atoms with E-state index in [9.17, 15) is 9.59 Å². The van der Waals surface area contributed by atoms with Crippen LogP contribution in [0.3, 0.4) is 0 Å². The molecule has 150 valence electrons. The van der Waals surface area contributed by atoms with Crippen LogP contribution in [0, 0.1) is 6.92 Å². The summed E-state index contributed by atoms with van der Waals surface area (Å²) in [5, 5.41) is 0. The van der Waals surface area contributed by atoms with Gasteiger partial charge in [0.25, 0.3) is 5.56 Å². The third kappa shape index (κ3) is 3.79. The smallest absolute Gasteiger partial charge is 0.322 e. The van der Waals surface area contributed by atoms with Gasteiger partial charge in [0.05, 0.1) is 11.0 Å². The molecule has 1 N–H and O–H groups in total. The molecule has 0 saturated carbocycles. The number of nitrogens with one attached hydrogen (secondary N) is 1. The van der Waals surface area contributed by atoms with Crippen molar-refractivity contribution in [1.29, 1.82) is 0 Å². The summed E-state index contributed by atoms with van der Waals surface area (Å²) >= 11 is 0. The summed E-state index contributed by atoms with van der Waals surface area (Å²) in [5.74, 6) is 0.364. The molecule has 1 aliphatic carbocycles. The number of allylic oxidation sites excluding steroid dienone is 4. The SMILES string of the molecule is CCc1cc2nc3c(=O)[nH]c(=O)nc-3n(CCCC3=CC=C(C)CC3)c2cc1C. The molecular weight excluding hydrogens is 364 g/mol. The number of benzene rings is 1. The number of fused-ring (bicyclic) bond motifs is 2. The molecule has 6 heteroatoms. The lowest BCUT2D eigenvalue weighted by molar-refractivity contribution is 0.634. The van der Waals surface area contributed by atoms with Crippen molar-refractivity contribution >= 4 is 11.0 Å². The van der Waals surface area contributed by atoms with Crippen LogP contribution in [0.25, 0.3) is 22.6 Å². The molecular formula is C23H26N4O2. The van der Waals surface area contributed by atoms with Crippen molar-refractivity contribution in [2.75, 3.05) is 0 Å². The van der Waals surface area contributed by atoms with Gasteiger partial charge in [0.1, 0.15) is 0 Å². The molecule has 6 nitrogen and oxygen atoms in total. The van der Waals surface area contributed by atoms with Crippen LogP contribution >= 0.6 is 0 Å². The van der Waals surface area contributed by atoms with Crippen LogP contribution in [0.15, 0.2) is 45.0 Å². The van der Waals surface area contributed by atoms with Gasteiger partial charge in [-0.2, -0.15) is 4.98 Å². The molecule has 0 bridgehead atoms. The Morgan fingerprint density at radius 3 is 2.66 bits per heavy atom. The van der Waals surface area contributed by atoms with Gasteiger partial charge in [-0.3, -0.25) is 9.78 Å². The van der Waals surface area contributed by atoms with E-state index in [4.69, 9.17) is 0 Å². The number of aromatic nitrogens is 4. The average Bonchev–Trinajstić information content (AvgIpc) is 2.69. The summed E-state index contributed by atoms with van der Waals surface area (Å²) in [6, 6.07) is 4.14. The lowest BCUT2D eigenvalue weighted by Gasteiger charge is -2.19. The average molecular weight is 390 g/mol. The highest BCUT2D eigenvalue weighted by atomic mass is 16.2. The molecule has 0 unspecified atom stereocenters. The van der Waals surface area contributed by atoms with Crippen molar-refractivity contribution in [3.8, 4) is 11.5 Å². The number of H-pyrrole nitrogens is 1. The summed E-state index contributed by atoms with van der Waals surface area (Å²) in [7, 11) is 0. The van der Waals surface area contributed by atoms with Gasteiger partial charge < -0.3 is 4.57 Å². The Bertz CT molecular complexity index is 1230. The second-order valence-corrected chi connectivity index (χ2v) is 7.87. The Morgan fingerprint density at radius 2 is 1.93 bits per heavy atom. The number of aromatic amines is 1. The molecule has 3 aliphatic rings. The minimum Gasteiger partial charge on any atom is -0.322 e. The zero-order valence-electron chi connectivity index (χ0n) is 17.2. The summed E-state index contributed by atoms with van der Waals surface area (Å²) in [6.45, 7) is 7.03. The van der Waals surface area contributed by atoms with Gasteiger partial charge in [0.15, 0.2) is 11.5 Å².